The molecule has 0 aromatic rings. The van der Waals surface area contributed by atoms with Gasteiger partial charge in [-0.25, -0.2) is 0 Å². The second-order valence-corrected chi connectivity index (χ2v) is 4.90. The molecule has 0 saturated carbocycles. The Morgan fingerprint density at radius 3 is 3.00 bits per heavy atom. The van der Waals surface area contributed by atoms with E-state index in [1.807, 2.05) is 11.8 Å². The zero-order valence-electron chi connectivity index (χ0n) is 8.31. The van der Waals surface area contributed by atoms with Gasteiger partial charge in [-0.2, -0.15) is 11.8 Å². The van der Waals surface area contributed by atoms with E-state index in [9.17, 15) is 0 Å². The lowest BCUT2D eigenvalue weighted by molar-refractivity contribution is 0.307. The van der Waals surface area contributed by atoms with Crippen molar-refractivity contribution in [3.63, 3.8) is 0 Å². The van der Waals surface area contributed by atoms with Gasteiger partial charge in [0.2, 0.25) is 0 Å². The number of nitrogens with one attached hydrogen (secondary N) is 1. The Balaban J connectivity index is 2.06. The van der Waals surface area contributed by atoms with Gasteiger partial charge in [0.15, 0.2) is 0 Å². The molecule has 0 radical (unpaired) electrons. The molecule has 1 fully saturated rings. The highest BCUT2D eigenvalue weighted by Crippen LogP contribution is 2.18. The first-order valence-electron chi connectivity index (χ1n) is 5.05. The van der Waals surface area contributed by atoms with E-state index in [0.717, 1.165) is 12.0 Å². The minimum absolute atomic E-state index is 0.820. The molecule has 1 heterocycles. The number of rotatable bonds is 4. The molecule has 1 aliphatic rings. The van der Waals surface area contributed by atoms with E-state index in [1.165, 1.54) is 38.0 Å². The number of hydrogen-bond acceptors (Lipinski definition) is 2. The molecule has 1 nitrogen and oxygen atoms in total. The van der Waals surface area contributed by atoms with E-state index in [0.29, 0.717) is 0 Å². The van der Waals surface area contributed by atoms with Gasteiger partial charge in [-0.15, -0.1) is 0 Å². The molecule has 2 atom stereocenters. The van der Waals surface area contributed by atoms with E-state index >= 15 is 0 Å². The van der Waals surface area contributed by atoms with Crippen LogP contribution in [0.5, 0.6) is 0 Å². The van der Waals surface area contributed by atoms with Gasteiger partial charge in [-0.3, -0.25) is 0 Å². The fourth-order valence-corrected chi connectivity index (χ4v) is 2.37. The average molecular weight is 187 g/mol. The second-order valence-electron chi connectivity index (χ2n) is 3.92. The molecule has 0 amide bonds. The van der Waals surface area contributed by atoms with Crippen LogP contribution in [0.2, 0.25) is 0 Å². The van der Waals surface area contributed by atoms with Crippen molar-refractivity contribution in [3.8, 4) is 0 Å². The Kier molecular flexibility index (Phi) is 5.08. The number of thioether (sulfide) groups is 1. The molecule has 2 unspecified atom stereocenters. The first kappa shape index (κ1) is 10.4. The lowest BCUT2D eigenvalue weighted by Crippen LogP contribution is -2.37. The van der Waals surface area contributed by atoms with Crippen LogP contribution in [0.3, 0.4) is 0 Å². The second kappa shape index (κ2) is 5.87. The van der Waals surface area contributed by atoms with Crippen molar-refractivity contribution >= 4 is 11.8 Å². The average Bonchev–Trinajstić information content (AvgIpc) is 2.05. The largest absolute Gasteiger partial charge is 0.314 e. The molecule has 0 aromatic heterocycles. The summed E-state index contributed by atoms with van der Waals surface area (Å²) in [6, 6.07) is 0.820. The summed E-state index contributed by atoms with van der Waals surface area (Å²) in [6.45, 7) is 3.62. The summed E-state index contributed by atoms with van der Waals surface area (Å²) < 4.78 is 0. The van der Waals surface area contributed by atoms with Crippen molar-refractivity contribution in [2.75, 3.05) is 18.6 Å². The Hall–Kier alpha value is 0.310. The van der Waals surface area contributed by atoms with Gasteiger partial charge in [-0.1, -0.05) is 6.92 Å². The lowest BCUT2D eigenvalue weighted by Gasteiger charge is -2.28. The summed E-state index contributed by atoms with van der Waals surface area (Å²) >= 11 is 1.96. The lowest BCUT2D eigenvalue weighted by atomic mass is 9.92. The normalized spacial score (nSPS) is 30.5. The maximum absolute atomic E-state index is 3.60. The molecule has 72 valence electrons. The summed E-state index contributed by atoms with van der Waals surface area (Å²) in [5.74, 6) is 2.28. The summed E-state index contributed by atoms with van der Waals surface area (Å²) in [5, 5.41) is 3.60. The first-order chi connectivity index (χ1) is 5.83. The van der Waals surface area contributed by atoms with Gasteiger partial charge in [-0.05, 0) is 50.2 Å². The predicted octanol–water partition coefficient (Wildman–Crippen LogP) is 2.52. The third kappa shape index (κ3) is 3.81. The van der Waals surface area contributed by atoms with Gasteiger partial charge < -0.3 is 5.32 Å². The first-order valence-corrected chi connectivity index (χ1v) is 6.44. The van der Waals surface area contributed by atoms with Crippen molar-refractivity contribution in [1.82, 2.24) is 5.32 Å². The highest BCUT2D eigenvalue weighted by molar-refractivity contribution is 7.98. The van der Waals surface area contributed by atoms with E-state index < -0.39 is 0 Å². The maximum atomic E-state index is 3.60. The molecular weight excluding hydrogens is 166 g/mol. The minimum atomic E-state index is 0.820. The molecule has 0 bridgehead atoms. The van der Waals surface area contributed by atoms with Crippen LogP contribution in [0.1, 0.15) is 32.6 Å². The molecule has 1 N–H and O–H groups in total. The molecule has 0 spiro atoms. The summed E-state index contributed by atoms with van der Waals surface area (Å²) in [4.78, 5) is 0. The van der Waals surface area contributed by atoms with Gasteiger partial charge in [0.05, 0.1) is 0 Å². The monoisotopic (exact) mass is 187 g/mol. The van der Waals surface area contributed by atoms with Crippen molar-refractivity contribution in [2.45, 2.75) is 38.6 Å². The Morgan fingerprint density at radius 2 is 2.33 bits per heavy atom. The van der Waals surface area contributed by atoms with Crippen molar-refractivity contribution < 1.29 is 0 Å². The van der Waals surface area contributed by atoms with Crippen LogP contribution >= 0.6 is 11.8 Å². The summed E-state index contributed by atoms with van der Waals surface area (Å²) in [7, 11) is 0. The quantitative estimate of drug-likeness (QED) is 0.679. The number of hydrogen-bond donors (Lipinski definition) is 1. The van der Waals surface area contributed by atoms with Crippen LogP contribution < -0.4 is 5.32 Å². The number of piperidine rings is 1. The third-order valence-electron chi connectivity index (χ3n) is 2.66. The van der Waals surface area contributed by atoms with E-state index in [-0.39, 0.29) is 0 Å². The van der Waals surface area contributed by atoms with Crippen LogP contribution in [-0.2, 0) is 0 Å². The summed E-state index contributed by atoms with van der Waals surface area (Å²) in [6.07, 6.45) is 7.72. The Morgan fingerprint density at radius 1 is 1.50 bits per heavy atom. The van der Waals surface area contributed by atoms with Gasteiger partial charge in [0, 0.05) is 6.04 Å². The highest BCUT2D eigenvalue weighted by atomic mass is 32.2. The zero-order valence-corrected chi connectivity index (χ0v) is 9.12. The topological polar surface area (TPSA) is 12.0 Å². The standard InChI is InChI=1S/C10H21NS/c1-9-5-6-11-10(8-9)4-3-7-12-2/h9-11H,3-8H2,1-2H3. The zero-order chi connectivity index (χ0) is 8.81. The summed E-state index contributed by atoms with van der Waals surface area (Å²) in [5.41, 5.74) is 0. The van der Waals surface area contributed by atoms with Crippen molar-refractivity contribution in [1.29, 1.82) is 0 Å². The van der Waals surface area contributed by atoms with Crippen LogP contribution in [0.25, 0.3) is 0 Å². The van der Waals surface area contributed by atoms with Gasteiger partial charge in [0.25, 0.3) is 0 Å². The molecule has 2 heteroatoms. The highest BCUT2D eigenvalue weighted by Gasteiger charge is 2.16. The molecule has 12 heavy (non-hydrogen) atoms. The molecule has 0 aromatic carbocycles. The molecular formula is C10H21NS. The fourth-order valence-electron chi connectivity index (χ4n) is 1.91. The van der Waals surface area contributed by atoms with Crippen LogP contribution in [0, 0.1) is 5.92 Å². The van der Waals surface area contributed by atoms with Crippen molar-refractivity contribution in [2.24, 2.45) is 5.92 Å². The SMILES string of the molecule is CSCCCC1CC(C)CCN1. The van der Waals surface area contributed by atoms with Gasteiger partial charge in [0.1, 0.15) is 0 Å². The van der Waals surface area contributed by atoms with E-state index in [1.54, 1.807) is 0 Å². The molecule has 0 aliphatic carbocycles. The maximum Gasteiger partial charge on any atom is 0.00699 e. The molecule has 1 saturated heterocycles. The Labute approximate surface area is 80.7 Å². The Bertz CT molecular complexity index is 116. The van der Waals surface area contributed by atoms with E-state index in [2.05, 4.69) is 18.5 Å². The predicted molar refractivity (Wildman–Crippen MR) is 57.8 cm³/mol. The third-order valence-corrected chi connectivity index (χ3v) is 3.36. The fraction of sp³-hybridized carbons (Fsp3) is 1.00. The van der Waals surface area contributed by atoms with Gasteiger partial charge >= 0.3 is 0 Å². The minimum Gasteiger partial charge on any atom is -0.314 e. The molecule has 1 rings (SSSR count). The van der Waals surface area contributed by atoms with Crippen molar-refractivity contribution in [3.05, 3.63) is 0 Å². The van der Waals surface area contributed by atoms with E-state index in [4.69, 9.17) is 0 Å². The van der Waals surface area contributed by atoms with Crippen LogP contribution in [0.4, 0.5) is 0 Å². The smallest absolute Gasteiger partial charge is 0.00699 e. The molecule has 1 aliphatic heterocycles. The van der Waals surface area contributed by atoms with Crippen LogP contribution in [0.15, 0.2) is 0 Å². The van der Waals surface area contributed by atoms with Crippen LogP contribution in [-0.4, -0.2) is 24.6 Å².